The summed E-state index contributed by atoms with van der Waals surface area (Å²) in [6.07, 6.45) is 0. The maximum Gasteiger partial charge on any atom is 0.332 e. The molecule has 0 spiro atoms. The summed E-state index contributed by atoms with van der Waals surface area (Å²) in [6, 6.07) is 7.50. The lowest BCUT2D eigenvalue weighted by atomic mass is 10.2. The molecule has 0 atom stereocenters. The highest BCUT2D eigenvalue weighted by Crippen LogP contribution is 2.27. The monoisotopic (exact) mass is 352 g/mol. The number of anilines is 1. The lowest BCUT2D eigenvalue weighted by Gasteiger charge is -2.09. The number of hydrogen-bond donors (Lipinski definition) is 1. The van der Waals surface area contributed by atoms with Gasteiger partial charge in [0.2, 0.25) is 5.78 Å². The van der Waals surface area contributed by atoms with Crippen molar-refractivity contribution in [2.45, 2.75) is 27.3 Å². The van der Waals surface area contributed by atoms with Crippen molar-refractivity contribution in [2.24, 2.45) is 7.05 Å². The fourth-order valence-corrected chi connectivity index (χ4v) is 3.51. The maximum atomic E-state index is 12.9. The van der Waals surface area contributed by atoms with Crippen molar-refractivity contribution in [1.82, 2.24) is 23.1 Å². The first-order chi connectivity index (χ1) is 12.4. The molecule has 4 aromatic rings. The van der Waals surface area contributed by atoms with Gasteiger partial charge in [-0.25, -0.2) is 4.79 Å². The van der Waals surface area contributed by atoms with Gasteiger partial charge < -0.3 is 5.73 Å². The van der Waals surface area contributed by atoms with E-state index in [2.05, 4.69) is 4.98 Å². The van der Waals surface area contributed by atoms with E-state index in [1.54, 1.807) is 14.0 Å². The van der Waals surface area contributed by atoms with Crippen LogP contribution in [0, 0.1) is 13.8 Å². The van der Waals surface area contributed by atoms with Gasteiger partial charge in [-0.1, -0.05) is 12.1 Å². The van der Waals surface area contributed by atoms with E-state index in [1.165, 1.54) is 9.13 Å². The highest BCUT2D eigenvalue weighted by atomic mass is 16.2. The van der Waals surface area contributed by atoms with Crippen LogP contribution in [-0.4, -0.2) is 23.1 Å². The van der Waals surface area contributed by atoms with E-state index < -0.39 is 0 Å². The van der Waals surface area contributed by atoms with Crippen LogP contribution in [0.25, 0.3) is 22.6 Å². The second kappa shape index (κ2) is 5.35. The number of aryl methyl sites for hydroxylation is 2. The van der Waals surface area contributed by atoms with Crippen LogP contribution in [-0.2, 0) is 13.6 Å². The second-order valence-electron chi connectivity index (χ2n) is 6.38. The minimum Gasteiger partial charge on any atom is -0.397 e. The zero-order valence-corrected chi connectivity index (χ0v) is 15.1. The Bertz CT molecular complexity index is 1300. The summed E-state index contributed by atoms with van der Waals surface area (Å²) in [4.78, 5) is 30.0. The van der Waals surface area contributed by atoms with Crippen LogP contribution in [0.5, 0.6) is 0 Å². The number of fused-ring (bicyclic) bond motifs is 3. The number of rotatable bonds is 2. The van der Waals surface area contributed by atoms with Gasteiger partial charge in [-0.2, -0.15) is 4.98 Å². The molecule has 8 heteroatoms. The minimum absolute atomic E-state index is 0.305. The second-order valence-corrected chi connectivity index (χ2v) is 6.38. The number of nitrogen functional groups attached to an aromatic ring is 1. The molecule has 0 aliphatic rings. The van der Waals surface area contributed by atoms with Gasteiger partial charge in [-0.15, -0.1) is 0 Å². The van der Waals surface area contributed by atoms with Gasteiger partial charge in [-0.3, -0.25) is 22.9 Å². The SMILES string of the molecule is CCn1c(=O)c2c(nc3n(-c4ccccc4N)c(C)c(C)n23)n(C)c1=O. The Labute approximate surface area is 148 Å². The molecule has 134 valence electrons. The number of aromatic nitrogens is 5. The third-order valence-electron chi connectivity index (χ3n) is 5.01. The standard InChI is InChI=1S/C18H20N6O2/c1-5-22-16(25)14-15(21(4)18(22)26)20-17-23(10(2)11(3)24(14)17)13-9-7-6-8-12(13)19/h6-9H,5,19H2,1-4H3. The number of imidazole rings is 2. The Morgan fingerprint density at radius 2 is 1.81 bits per heavy atom. The van der Waals surface area contributed by atoms with E-state index in [0.29, 0.717) is 29.2 Å². The smallest absolute Gasteiger partial charge is 0.332 e. The molecule has 0 aliphatic carbocycles. The lowest BCUT2D eigenvalue weighted by Crippen LogP contribution is -2.38. The molecule has 0 bridgehead atoms. The molecule has 0 fully saturated rings. The average Bonchev–Trinajstić information content (AvgIpc) is 3.11. The van der Waals surface area contributed by atoms with Crippen molar-refractivity contribution < 1.29 is 0 Å². The van der Waals surface area contributed by atoms with Crippen molar-refractivity contribution in [3.05, 3.63) is 56.5 Å². The predicted molar refractivity (Wildman–Crippen MR) is 101 cm³/mol. The molecular weight excluding hydrogens is 332 g/mol. The zero-order chi connectivity index (χ0) is 18.7. The van der Waals surface area contributed by atoms with E-state index in [1.807, 2.05) is 47.1 Å². The van der Waals surface area contributed by atoms with Crippen LogP contribution in [0.1, 0.15) is 18.3 Å². The van der Waals surface area contributed by atoms with Gasteiger partial charge in [0, 0.05) is 25.0 Å². The first kappa shape index (κ1) is 16.2. The summed E-state index contributed by atoms with van der Waals surface area (Å²) in [5, 5.41) is 0. The first-order valence-electron chi connectivity index (χ1n) is 8.43. The topological polar surface area (TPSA) is 92.2 Å². The first-order valence-corrected chi connectivity index (χ1v) is 8.43. The Kier molecular flexibility index (Phi) is 3.33. The molecular formula is C18H20N6O2. The normalized spacial score (nSPS) is 11.7. The van der Waals surface area contributed by atoms with E-state index in [4.69, 9.17) is 5.73 Å². The third-order valence-corrected chi connectivity index (χ3v) is 5.01. The van der Waals surface area contributed by atoms with Crippen molar-refractivity contribution in [3.63, 3.8) is 0 Å². The number of para-hydroxylation sites is 2. The van der Waals surface area contributed by atoms with E-state index in [9.17, 15) is 9.59 Å². The highest BCUT2D eigenvalue weighted by molar-refractivity contribution is 5.78. The molecule has 0 saturated carbocycles. The lowest BCUT2D eigenvalue weighted by molar-refractivity contribution is 0.636. The van der Waals surface area contributed by atoms with Gasteiger partial charge in [-0.05, 0) is 32.9 Å². The molecule has 8 nitrogen and oxygen atoms in total. The van der Waals surface area contributed by atoms with Gasteiger partial charge in [0.1, 0.15) is 0 Å². The fraction of sp³-hybridized carbons (Fsp3) is 0.278. The summed E-state index contributed by atoms with van der Waals surface area (Å²) in [7, 11) is 1.63. The van der Waals surface area contributed by atoms with Crippen molar-refractivity contribution in [3.8, 4) is 5.69 Å². The zero-order valence-electron chi connectivity index (χ0n) is 15.1. The predicted octanol–water partition coefficient (Wildman–Crippen LogP) is 1.36. The summed E-state index contributed by atoms with van der Waals surface area (Å²) >= 11 is 0. The fourth-order valence-electron chi connectivity index (χ4n) is 3.51. The molecule has 0 saturated heterocycles. The van der Waals surface area contributed by atoms with Crippen LogP contribution in [0.4, 0.5) is 5.69 Å². The average molecular weight is 352 g/mol. The van der Waals surface area contributed by atoms with Gasteiger partial charge in [0.05, 0.1) is 11.4 Å². The Hall–Kier alpha value is -3.29. The molecule has 2 N–H and O–H groups in total. The number of benzene rings is 1. The van der Waals surface area contributed by atoms with E-state index >= 15 is 0 Å². The Balaban J connectivity index is 2.28. The minimum atomic E-state index is -0.370. The summed E-state index contributed by atoms with van der Waals surface area (Å²) in [5.41, 5.74) is 9.45. The summed E-state index contributed by atoms with van der Waals surface area (Å²) in [6.45, 7) is 5.97. The van der Waals surface area contributed by atoms with Crippen LogP contribution in [0.3, 0.4) is 0 Å². The largest absolute Gasteiger partial charge is 0.397 e. The number of hydrogen-bond acceptors (Lipinski definition) is 4. The molecule has 0 amide bonds. The molecule has 0 aliphatic heterocycles. The highest BCUT2D eigenvalue weighted by Gasteiger charge is 2.23. The third kappa shape index (κ3) is 1.86. The van der Waals surface area contributed by atoms with Crippen molar-refractivity contribution in [2.75, 3.05) is 5.73 Å². The Morgan fingerprint density at radius 1 is 1.12 bits per heavy atom. The molecule has 0 radical (unpaired) electrons. The van der Waals surface area contributed by atoms with Gasteiger partial charge >= 0.3 is 5.69 Å². The molecule has 26 heavy (non-hydrogen) atoms. The quantitative estimate of drug-likeness (QED) is 0.551. The maximum absolute atomic E-state index is 12.9. The molecule has 3 aromatic heterocycles. The number of nitrogens with two attached hydrogens (primary N) is 1. The van der Waals surface area contributed by atoms with Gasteiger partial charge in [0.25, 0.3) is 5.56 Å². The van der Waals surface area contributed by atoms with Gasteiger partial charge in [0.15, 0.2) is 11.2 Å². The van der Waals surface area contributed by atoms with E-state index in [-0.39, 0.29) is 11.2 Å². The van der Waals surface area contributed by atoms with Crippen molar-refractivity contribution >= 4 is 22.6 Å². The molecule has 0 unspecified atom stereocenters. The van der Waals surface area contributed by atoms with Crippen molar-refractivity contribution in [1.29, 1.82) is 0 Å². The summed E-state index contributed by atoms with van der Waals surface area (Å²) < 4.78 is 6.37. The number of nitrogens with zero attached hydrogens (tertiary/aromatic N) is 5. The van der Waals surface area contributed by atoms with Crippen LogP contribution < -0.4 is 17.0 Å². The molecule has 4 rings (SSSR count). The molecule has 1 aromatic carbocycles. The molecule has 3 heterocycles. The van der Waals surface area contributed by atoms with Crippen LogP contribution >= 0.6 is 0 Å². The van der Waals surface area contributed by atoms with Crippen LogP contribution in [0.15, 0.2) is 33.9 Å². The van der Waals surface area contributed by atoms with E-state index in [0.717, 1.165) is 17.1 Å². The van der Waals surface area contributed by atoms with Crippen LogP contribution in [0.2, 0.25) is 0 Å². The summed E-state index contributed by atoms with van der Waals surface area (Å²) in [5.74, 6) is 0.564. The Morgan fingerprint density at radius 3 is 2.46 bits per heavy atom.